The van der Waals surface area contributed by atoms with Gasteiger partial charge in [-0.05, 0) is 52.4 Å². The lowest BCUT2D eigenvalue weighted by Gasteiger charge is -1.98. The molecule has 0 N–H and O–H groups in total. The van der Waals surface area contributed by atoms with Gasteiger partial charge in [0, 0.05) is 0 Å². The highest BCUT2D eigenvalue weighted by Crippen LogP contribution is 2.10. The van der Waals surface area contributed by atoms with Crippen molar-refractivity contribution in [3.8, 4) is 12.1 Å². The second kappa shape index (κ2) is 17.3. The lowest BCUT2D eigenvalue weighted by atomic mass is 10.1. The third kappa shape index (κ3) is 18.0. The van der Waals surface area contributed by atoms with E-state index in [1.54, 1.807) is 0 Å². The van der Waals surface area contributed by atoms with E-state index in [2.05, 4.69) is 65.1 Å². The zero-order valence-corrected chi connectivity index (χ0v) is 16.1. The molecule has 0 radical (unpaired) electrons. The summed E-state index contributed by atoms with van der Waals surface area (Å²) in [7, 11) is 0. The molecule has 0 aromatic heterocycles. The molecule has 0 aromatic carbocycles. The minimum atomic E-state index is 0.499. The molecule has 0 aliphatic carbocycles. The quantitative estimate of drug-likeness (QED) is 0.399. The molecule has 0 fully saturated rings. The number of nitrogens with zero attached hydrogens (tertiary/aromatic N) is 2. The van der Waals surface area contributed by atoms with Crippen LogP contribution in [0.3, 0.4) is 0 Å². The highest BCUT2D eigenvalue weighted by atomic mass is 14.2. The average molecular weight is 327 g/mol. The molecule has 0 saturated heterocycles. The van der Waals surface area contributed by atoms with Crippen LogP contribution in [0.4, 0.5) is 0 Å². The molecule has 0 amide bonds. The molecular weight excluding hydrogens is 292 g/mol. The predicted molar refractivity (Wildman–Crippen MR) is 105 cm³/mol. The number of hydrogen-bond acceptors (Lipinski definition) is 2. The van der Waals surface area contributed by atoms with Crippen molar-refractivity contribution in [1.82, 2.24) is 0 Å². The van der Waals surface area contributed by atoms with Gasteiger partial charge >= 0.3 is 0 Å². The van der Waals surface area contributed by atoms with Gasteiger partial charge in [-0.2, -0.15) is 10.5 Å². The Morgan fingerprint density at radius 1 is 0.792 bits per heavy atom. The van der Waals surface area contributed by atoms with Gasteiger partial charge in [0.2, 0.25) is 0 Å². The molecule has 0 aromatic rings. The van der Waals surface area contributed by atoms with Crippen molar-refractivity contribution in [1.29, 1.82) is 10.5 Å². The monoisotopic (exact) mass is 326 g/mol. The van der Waals surface area contributed by atoms with Crippen molar-refractivity contribution in [3.63, 3.8) is 0 Å². The molecular formula is C22H34N2. The van der Waals surface area contributed by atoms with Crippen LogP contribution in [0.1, 0.15) is 79.1 Å². The SMILES string of the molecule is C=C(CC#N)CC/C=C(/C)CC.C=C(CC#N)CC/C=C(\C)CC. The second-order valence-electron chi connectivity index (χ2n) is 6.06. The first-order valence-electron chi connectivity index (χ1n) is 8.79. The molecule has 24 heavy (non-hydrogen) atoms. The van der Waals surface area contributed by atoms with Gasteiger partial charge in [0.1, 0.15) is 0 Å². The van der Waals surface area contributed by atoms with Crippen LogP contribution >= 0.6 is 0 Å². The van der Waals surface area contributed by atoms with Crippen LogP contribution in [0, 0.1) is 22.7 Å². The molecule has 0 aliphatic heterocycles. The summed E-state index contributed by atoms with van der Waals surface area (Å²) in [5.74, 6) is 0. The molecule has 0 saturated carbocycles. The lowest BCUT2D eigenvalue weighted by Crippen LogP contribution is -1.79. The molecule has 0 atom stereocenters. The molecule has 0 heterocycles. The Morgan fingerprint density at radius 2 is 1.12 bits per heavy atom. The Hall–Kier alpha value is -2.06. The summed E-state index contributed by atoms with van der Waals surface area (Å²) >= 11 is 0. The Balaban J connectivity index is 0. The van der Waals surface area contributed by atoms with E-state index in [4.69, 9.17) is 10.5 Å². The van der Waals surface area contributed by atoms with Crippen molar-refractivity contribution in [3.05, 3.63) is 47.6 Å². The van der Waals surface area contributed by atoms with Crippen LogP contribution in [-0.4, -0.2) is 0 Å². The summed E-state index contributed by atoms with van der Waals surface area (Å²) in [6.07, 6.45) is 11.6. The first-order valence-corrected chi connectivity index (χ1v) is 8.79. The van der Waals surface area contributed by atoms with Crippen molar-refractivity contribution >= 4 is 0 Å². The molecule has 2 heteroatoms. The zero-order chi connectivity index (χ0) is 18.8. The highest BCUT2D eigenvalue weighted by molar-refractivity contribution is 5.06. The van der Waals surface area contributed by atoms with Crippen molar-refractivity contribution in [2.75, 3.05) is 0 Å². The van der Waals surface area contributed by atoms with Crippen LogP contribution in [0.25, 0.3) is 0 Å². The number of hydrogen-bond donors (Lipinski definition) is 0. The van der Waals surface area contributed by atoms with Crippen LogP contribution in [0.5, 0.6) is 0 Å². The van der Waals surface area contributed by atoms with Crippen molar-refractivity contribution < 1.29 is 0 Å². The Morgan fingerprint density at radius 3 is 1.38 bits per heavy atom. The van der Waals surface area contributed by atoms with E-state index in [1.165, 1.54) is 11.1 Å². The van der Waals surface area contributed by atoms with Crippen LogP contribution in [-0.2, 0) is 0 Å². The molecule has 0 rings (SSSR count). The van der Waals surface area contributed by atoms with Gasteiger partial charge in [0.05, 0.1) is 25.0 Å². The minimum Gasteiger partial charge on any atom is -0.198 e. The van der Waals surface area contributed by atoms with Crippen molar-refractivity contribution in [2.24, 2.45) is 0 Å². The van der Waals surface area contributed by atoms with E-state index < -0.39 is 0 Å². The maximum atomic E-state index is 8.37. The van der Waals surface area contributed by atoms with E-state index in [0.717, 1.165) is 49.7 Å². The summed E-state index contributed by atoms with van der Waals surface area (Å²) in [6, 6.07) is 4.20. The fourth-order valence-electron chi connectivity index (χ4n) is 1.73. The van der Waals surface area contributed by atoms with Gasteiger partial charge < -0.3 is 0 Å². The fourth-order valence-corrected chi connectivity index (χ4v) is 1.73. The summed E-state index contributed by atoms with van der Waals surface area (Å²) in [5, 5.41) is 16.7. The highest BCUT2D eigenvalue weighted by Gasteiger charge is 1.92. The summed E-state index contributed by atoms with van der Waals surface area (Å²) < 4.78 is 0. The first-order chi connectivity index (χ1) is 11.4. The van der Waals surface area contributed by atoms with Gasteiger partial charge in [-0.25, -0.2) is 0 Å². The summed E-state index contributed by atoms with van der Waals surface area (Å²) in [4.78, 5) is 0. The maximum absolute atomic E-state index is 8.37. The van der Waals surface area contributed by atoms with Gasteiger partial charge in [-0.15, -0.1) is 0 Å². The standard InChI is InChI=1S/2C11H17N/c2*1-4-10(2)6-5-7-11(3)8-9-12/h2*6H,3-5,7-8H2,1-2H3/b10-6+;10-6-. The number of allylic oxidation sites excluding steroid dienone is 6. The van der Waals surface area contributed by atoms with E-state index in [0.29, 0.717) is 12.8 Å². The Labute approximate surface area is 149 Å². The molecule has 0 bridgehead atoms. The van der Waals surface area contributed by atoms with Crippen LogP contribution in [0.2, 0.25) is 0 Å². The van der Waals surface area contributed by atoms with Crippen molar-refractivity contribution in [2.45, 2.75) is 79.1 Å². The molecule has 0 spiro atoms. The maximum Gasteiger partial charge on any atom is 0.0666 e. The first kappa shape index (κ1) is 24.2. The fraction of sp³-hybridized carbons (Fsp3) is 0.545. The third-order valence-corrected chi connectivity index (χ3v) is 3.75. The molecule has 0 aliphatic rings. The van der Waals surface area contributed by atoms with Gasteiger partial charge in [0.15, 0.2) is 0 Å². The summed E-state index contributed by atoms with van der Waals surface area (Å²) in [6.45, 7) is 16.2. The zero-order valence-electron chi connectivity index (χ0n) is 16.1. The van der Waals surface area contributed by atoms with Crippen LogP contribution in [0.15, 0.2) is 47.6 Å². The topological polar surface area (TPSA) is 47.6 Å². The van der Waals surface area contributed by atoms with Crippen LogP contribution < -0.4 is 0 Å². The molecule has 0 unspecified atom stereocenters. The second-order valence-corrected chi connectivity index (χ2v) is 6.06. The third-order valence-electron chi connectivity index (χ3n) is 3.75. The minimum absolute atomic E-state index is 0.499. The molecule has 2 nitrogen and oxygen atoms in total. The van der Waals surface area contributed by atoms with E-state index >= 15 is 0 Å². The number of rotatable bonds is 10. The normalized spacial score (nSPS) is 10.9. The molecule has 132 valence electrons. The van der Waals surface area contributed by atoms with E-state index in [9.17, 15) is 0 Å². The lowest BCUT2D eigenvalue weighted by molar-refractivity contribution is 0.930. The van der Waals surface area contributed by atoms with E-state index in [1.807, 2.05) is 0 Å². The largest absolute Gasteiger partial charge is 0.198 e. The van der Waals surface area contributed by atoms with Gasteiger partial charge in [0.25, 0.3) is 0 Å². The predicted octanol–water partition coefficient (Wildman–Crippen LogP) is 7.19. The van der Waals surface area contributed by atoms with Gasteiger partial charge in [-0.3, -0.25) is 0 Å². The Bertz CT molecular complexity index is 459. The smallest absolute Gasteiger partial charge is 0.0666 e. The van der Waals surface area contributed by atoms with Gasteiger partial charge in [-0.1, -0.05) is 61.4 Å². The Kier molecular flexibility index (Phi) is 17.4. The average Bonchev–Trinajstić information content (AvgIpc) is 2.55. The van der Waals surface area contributed by atoms with E-state index in [-0.39, 0.29) is 0 Å². The number of nitriles is 2. The summed E-state index contributed by atoms with van der Waals surface area (Å²) in [5.41, 5.74) is 4.91.